The summed E-state index contributed by atoms with van der Waals surface area (Å²) in [5.41, 5.74) is 4.31. The van der Waals surface area contributed by atoms with Crippen molar-refractivity contribution in [2.45, 2.75) is 19.8 Å². The van der Waals surface area contributed by atoms with Crippen LogP contribution >= 0.6 is 11.5 Å². The number of hydrogen-bond acceptors (Lipinski definition) is 6. The van der Waals surface area contributed by atoms with Gasteiger partial charge in [0.25, 0.3) is 23.6 Å². The van der Waals surface area contributed by atoms with Crippen LogP contribution in [0.25, 0.3) is 0 Å². The number of carbonyl (C=O) groups is 4. The molecule has 2 aromatic carbocycles. The first kappa shape index (κ1) is 20.8. The molecule has 2 N–H and O–H groups in total. The van der Waals surface area contributed by atoms with E-state index >= 15 is 0 Å². The van der Waals surface area contributed by atoms with Gasteiger partial charge in [-0.3, -0.25) is 19.2 Å². The molecule has 0 aliphatic carbocycles. The highest BCUT2D eigenvalue weighted by Gasteiger charge is 2.40. The van der Waals surface area contributed by atoms with Crippen molar-refractivity contribution in [1.82, 2.24) is 14.2 Å². The number of aromatic amines is 1. The molecule has 1 aromatic heterocycles. The Hall–Kier alpha value is -4.12. The van der Waals surface area contributed by atoms with Crippen molar-refractivity contribution < 1.29 is 19.2 Å². The van der Waals surface area contributed by atoms with Gasteiger partial charge < -0.3 is 5.43 Å². The zero-order valence-corrected chi connectivity index (χ0v) is 18.5. The van der Waals surface area contributed by atoms with E-state index in [1.807, 2.05) is 6.92 Å². The summed E-state index contributed by atoms with van der Waals surface area (Å²) >= 11 is 1.07. The van der Waals surface area contributed by atoms with Gasteiger partial charge in [-0.25, -0.2) is 4.90 Å². The third-order valence-electron chi connectivity index (χ3n) is 5.40. The molecule has 168 valence electrons. The van der Waals surface area contributed by atoms with E-state index < -0.39 is 23.6 Å². The van der Waals surface area contributed by atoms with Gasteiger partial charge >= 0.3 is 0 Å². The number of anilines is 1. The van der Waals surface area contributed by atoms with Crippen molar-refractivity contribution in [2.75, 3.05) is 21.9 Å². The van der Waals surface area contributed by atoms with Gasteiger partial charge in [0.2, 0.25) is 0 Å². The number of unbranched alkanes of at least 4 members (excludes halogenated alkanes) is 1. The number of amides is 4. The van der Waals surface area contributed by atoms with Crippen LogP contribution in [0.1, 0.15) is 61.2 Å². The average Bonchev–Trinajstić information content (AvgIpc) is 3.24. The molecule has 0 saturated heterocycles. The van der Waals surface area contributed by atoms with Crippen molar-refractivity contribution >= 4 is 40.2 Å². The minimum absolute atomic E-state index is 0.237. The second-order valence-electron chi connectivity index (χ2n) is 7.52. The van der Waals surface area contributed by atoms with Gasteiger partial charge in [0, 0.05) is 18.1 Å². The van der Waals surface area contributed by atoms with Crippen molar-refractivity contribution in [3.63, 3.8) is 0 Å². The lowest BCUT2D eigenvalue weighted by molar-refractivity contribution is 0.0874. The molecule has 0 bridgehead atoms. The lowest BCUT2D eigenvalue weighted by Gasteiger charge is -2.23. The van der Waals surface area contributed by atoms with Crippen LogP contribution in [0.5, 0.6) is 0 Å². The lowest BCUT2D eigenvalue weighted by atomic mass is 10.1. The molecule has 10 nitrogen and oxygen atoms in total. The Morgan fingerprint density at radius 2 is 1.33 bits per heavy atom. The highest BCUT2D eigenvalue weighted by molar-refractivity contribution is 7.11. The predicted molar refractivity (Wildman–Crippen MR) is 122 cm³/mol. The highest BCUT2D eigenvalue weighted by Crippen LogP contribution is 2.31. The molecule has 0 spiro atoms. The van der Waals surface area contributed by atoms with Crippen molar-refractivity contribution in [3.05, 3.63) is 77.0 Å². The summed E-state index contributed by atoms with van der Waals surface area (Å²) in [7, 11) is 0. The molecule has 33 heavy (non-hydrogen) atoms. The van der Waals surface area contributed by atoms with Gasteiger partial charge in [-0.15, -0.1) is 4.18 Å². The summed E-state index contributed by atoms with van der Waals surface area (Å²) in [6, 6.07) is 13.1. The zero-order valence-electron chi connectivity index (χ0n) is 17.6. The summed E-state index contributed by atoms with van der Waals surface area (Å²) < 4.78 is 1.47. The fourth-order valence-electron chi connectivity index (χ4n) is 3.75. The monoisotopic (exact) mass is 464 g/mol. The Balaban J connectivity index is 1.59. The van der Waals surface area contributed by atoms with Crippen LogP contribution in [0.15, 0.2) is 54.7 Å². The first-order chi connectivity index (χ1) is 16.0. The van der Waals surface area contributed by atoms with Gasteiger partial charge in [0.05, 0.1) is 28.5 Å². The number of nitrogens with one attached hydrogen (secondary N) is 2. The largest absolute Gasteiger partial charge is 0.301 e. The van der Waals surface area contributed by atoms with Crippen LogP contribution < -0.4 is 15.3 Å². The van der Waals surface area contributed by atoms with E-state index in [-0.39, 0.29) is 16.1 Å². The molecule has 0 radical (unpaired) electrons. The predicted octanol–water partition coefficient (Wildman–Crippen LogP) is 2.88. The van der Waals surface area contributed by atoms with E-state index in [2.05, 4.69) is 10.6 Å². The number of nitrogens with zero attached hydrogens (tertiary/aromatic N) is 4. The first-order valence-electron chi connectivity index (χ1n) is 10.5. The van der Waals surface area contributed by atoms with E-state index in [4.69, 9.17) is 0 Å². The zero-order chi connectivity index (χ0) is 23.1. The SMILES string of the molecule is CCCCNn1[nH]n(N2C(=O)c3ccccc3C2=O)cc(N2C(=O)c3ccccc3C2=O)s1. The molecule has 0 unspecified atom stereocenters. The van der Waals surface area contributed by atoms with Gasteiger partial charge in [-0.1, -0.05) is 37.6 Å². The van der Waals surface area contributed by atoms with Crippen molar-refractivity contribution in [3.8, 4) is 0 Å². The van der Waals surface area contributed by atoms with E-state index in [1.54, 1.807) is 48.5 Å². The third kappa shape index (κ3) is 3.33. The number of benzene rings is 2. The minimum Gasteiger partial charge on any atom is -0.301 e. The molecule has 3 aromatic rings. The summed E-state index contributed by atoms with van der Waals surface area (Å²) in [4.78, 5) is 54.3. The number of rotatable bonds is 6. The Bertz CT molecular complexity index is 1180. The second-order valence-corrected chi connectivity index (χ2v) is 8.48. The molecule has 2 aliphatic heterocycles. The maximum Gasteiger partial charge on any atom is 0.282 e. The van der Waals surface area contributed by atoms with Crippen LogP contribution in [0, 0.1) is 0 Å². The third-order valence-corrected chi connectivity index (χ3v) is 6.27. The van der Waals surface area contributed by atoms with Gasteiger partial charge in [0.1, 0.15) is 5.00 Å². The normalized spacial score (nSPS) is 14.7. The van der Waals surface area contributed by atoms with Crippen LogP contribution in [0.2, 0.25) is 0 Å². The molecule has 3 heterocycles. The average molecular weight is 465 g/mol. The lowest BCUT2D eigenvalue weighted by Crippen LogP contribution is -2.43. The number of carbonyl (C=O) groups excluding carboxylic acids is 4. The molecule has 5 rings (SSSR count). The van der Waals surface area contributed by atoms with Gasteiger partial charge in [-0.2, -0.15) is 15.0 Å². The maximum atomic E-state index is 13.0. The topological polar surface area (TPSA) is 112 Å². The standard InChI is InChI=1S/C22H20N6O4S/c1-2-3-12-23-28-24-25(27-21(31)16-10-6-7-11-17(16)22(27)32)13-18(33-28)26-19(29)14-8-4-5-9-15(14)20(26)30/h4-11,13,23-24H,2-3,12H2,1H3. The molecule has 4 amide bonds. The summed E-state index contributed by atoms with van der Waals surface area (Å²) in [6.45, 7) is 2.65. The van der Waals surface area contributed by atoms with Crippen LogP contribution in [0.3, 0.4) is 0 Å². The Morgan fingerprint density at radius 3 is 1.85 bits per heavy atom. The first-order valence-corrected chi connectivity index (χ1v) is 11.2. The second kappa shape index (κ2) is 8.10. The molecule has 0 fully saturated rings. The highest BCUT2D eigenvalue weighted by atomic mass is 32.1. The molecule has 0 saturated carbocycles. The summed E-state index contributed by atoms with van der Waals surface area (Å²) in [5, 5.41) is 4.11. The van der Waals surface area contributed by atoms with E-state index in [0.29, 0.717) is 17.7 Å². The van der Waals surface area contributed by atoms with Crippen molar-refractivity contribution in [2.24, 2.45) is 0 Å². The summed E-state index contributed by atoms with van der Waals surface area (Å²) in [6.07, 6.45) is 3.22. The molecule has 2 aliphatic rings. The minimum atomic E-state index is -0.513. The van der Waals surface area contributed by atoms with E-state index in [0.717, 1.165) is 34.3 Å². The summed E-state index contributed by atoms with van der Waals surface area (Å²) in [5.74, 6) is -1.96. The van der Waals surface area contributed by atoms with E-state index in [1.165, 1.54) is 15.2 Å². The quantitative estimate of drug-likeness (QED) is 0.430. The molecular formula is C22H20N6O4S. The Kier molecular flexibility index (Phi) is 5.09. The smallest absolute Gasteiger partial charge is 0.282 e. The fourth-order valence-corrected chi connectivity index (χ4v) is 4.61. The molecule has 11 heteroatoms. The molecule has 0 atom stereocenters. The number of H-pyrrole nitrogens is 1. The Morgan fingerprint density at radius 1 is 0.818 bits per heavy atom. The number of hydrogen-bond donors (Lipinski definition) is 2. The van der Waals surface area contributed by atoms with Crippen LogP contribution in [-0.4, -0.2) is 44.4 Å². The van der Waals surface area contributed by atoms with Gasteiger partial charge in [0.15, 0.2) is 0 Å². The van der Waals surface area contributed by atoms with Crippen molar-refractivity contribution in [1.29, 1.82) is 0 Å². The number of aromatic nitrogens is 3. The van der Waals surface area contributed by atoms with E-state index in [9.17, 15) is 19.2 Å². The number of fused-ring (bicyclic) bond motifs is 2. The van der Waals surface area contributed by atoms with Crippen LogP contribution in [-0.2, 0) is 0 Å². The van der Waals surface area contributed by atoms with Gasteiger partial charge in [-0.05, 0) is 30.7 Å². The fraction of sp³-hybridized carbons (Fsp3) is 0.182. The number of imide groups is 2. The molecular weight excluding hydrogens is 444 g/mol. The van der Waals surface area contributed by atoms with Crippen LogP contribution in [0.4, 0.5) is 5.00 Å². The maximum absolute atomic E-state index is 13.0. The Labute approximate surface area is 192 Å².